The molecule has 0 spiro atoms. The van der Waals surface area contributed by atoms with Gasteiger partial charge in [0, 0.05) is 32.7 Å². The summed E-state index contributed by atoms with van der Waals surface area (Å²) in [6, 6.07) is 49.9. The van der Waals surface area contributed by atoms with Gasteiger partial charge in [0.1, 0.15) is 22.3 Å². The summed E-state index contributed by atoms with van der Waals surface area (Å²) in [5.74, 6) is 0. The summed E-state index contributed by atoms with van der Waals surface area (Å²) in [5, 5.41) is 15.8. The number of benzene rings is 7. The van der Waals surface area contributed by atoms with E-state index in [0.29, 0.717) is 5.71 Å². The highest BCUT2D eigenvalue weighted by Crippen LogP contribution is 2.39. The fraction of sp³-hybridized carbons (Fsp3) is 0. The molecule has 44 heavy (non-hydrogen) atoms. The predicted octanol–water partition coefficient (Wildman–Crippen LogP) is 11.4. The van der Waals surface area contributed by atoms with Crippen molar-refractivity contribution in [1.82, 2.24) is 0 Å². The van der Waals surface area contributed by atoms with Gasteiger partial charge in [0.25, 0.3) is 0 Å². The molecule has 0 amide bonds. The molecule has 206 valence electrons. The summed E-state index contributed by atoms with van der Waals surface area (Å²) in [7, 11) is 0. The van der Waals surface area contributed by atoms with E-state index in [0.717, 1.165) is 77.3 Å². The molecule has 0 aliphatic carbocycles. The van der Waals surface area contributed by atoms with Crippen LogP contribution in [0.1, 0.15) is 11.1 Å². The molecule has 9 rings (SSSR count). The molecular weight excluding hydrogens is 538 g/mol. The van der Waals surface area contributed by atoms with E-state index in [2.05, 4.69) is 97.1 Å². The average molecular weight is 564 g/mol. The molecule has 0 fully saturated rings. The molecule has 0 radical (unpaired) electrons. The van der Waals surface area contributed by atoms with E-state index in [9.17, 15) is 0 Å². The predicted molar refractivity (Wildman–Crippen MR) is 182 cm³/mol. The van der Waals surface area contributed by atoms with Crippen molar-refractivity contribution in [1.29, 1.82) is 5.41 Å². The van der Waals surface area contributed by atoms with Gasteiger partial charge in [-0.1, -0.05) is 109 Å². The van der Waals surface area contributed by atoms with Crippen LogP contribution < -0.4 is 0 Å². The quantitative estimate of drug-likeness (QED) is 0.217. The second-order valence-electron chi connectivity index (χ2n) is 11.3. The fourth-order valence-electron chi connectivity index (χ4n) is 6.55. The maximum atomic E-state index is 9.14. The molecule has 0 unspecified atom stereocenters. The summed E-state index contributed by atoms with van der Waals surface area (Å²) >= 11 is 0. The molecule has 0 atom stereocenters. The molecule has 0 saturated carbocycles. The normalized spacial score (nSPS) is 11.7. The van der Waals surface area contributed by atoms with Gasteiger partial charge in [-0.25, -0.2) is 0 Å². The van der Waals surface area contributed by atoms with Crippen molar-refractivity contribution in [3.05, 3.63) is 157 Å². The molecular formula is C41H25NO2. The van der Waals surface area contributed by atoms with Crippen LogP contribution in [0.5, 0.6) is 0 Å². The topological polar surface area (TPSA) is 50.1 Å². The Morgan fingerprint density at radius 1 is 0.409 bits per heavy atom. The Morgan fingerprint density at radius 2 is 1.02 bits per heavy atom. The smallest absolute Gasteiger partial charge is 0.136 e. The third-order valence-corrected chi connectivity index (χ3v) is 8.74. The highest BCUT2D eigenvalue weighted by Gasteiger charge is 2.17. The van der Waals surface area contributed by atoms with Crippen molar-refractivity contribution in [3.63, 3.8) is 0 Å². The van der Waals surface area contributed by atoms with Crippen LogP contribution >= 0.6 is 0 Å². The maximum absolute atomic E-state index is 9.14. The van der Waals surface area contributed by atoms with Gasteiger partial charge in [0.15, 0.2) is 0 Å². The zero-order valence-corrected chi connectivity index (χ0v) is 23.7. The molecule has 7 aromatic carbocycles. The van der Waals surface area contributed by atoms with Crippen molar-refractivity contribution in [2.75, 3.05) is 0 Å². The van der Waals surface area contributed by atoms with Gasteiger partial charge in [0.2, 0.25) is 0 Å². The first-order valence-corrected chi connectivity index (χ1v) is 14.8. The Bertz CT molecular complexity index is 2550. The number of nitrogens with one attached hydrogen (secondary N) is 1. The molecule has 0 aliphatic heterocycles. The molecule has 3 heteroatoms. The van der Waals surface area contributed by atoms with Crippen molar-refractivity contribution in [3.8, 4) is 22.3 Å². The van der Waals surface area contributed by atoms with E-state index in [1.54, 1.807) is 0 Å². The van der Waals surface area contributed by atoms with Gasteiger partial charge in [-0.15, -0.1) is 0 Å². The SMILES string of the molecule is N=C(c1ccc(-c2ccccc2)cc1)c1cccc2oc3cc(-c4ccc5c(c4)oc4ccc6ccccc6c45)ccc3c12. The lowest BCUT2D eigenvalue weighted by atomic mass is 9.95. The first kappa shape index (κ1) is 24.6. The van der Waals surface area contributed by atoms with Gasteiger partial charge in [0.05, 0.1) is 5.71 Å². The van der Waals surface area contributed by atoms with Crippen LogP contribution in [0.15, 0.2) is 154 Å². The summed E-state index contributed by atoms with van der Waals surface area (Å²) in [5.41, 5.74) is 9.96. The standard InChI is InChI=1S/C41H25NO2/c42-41(28-15-13-26(14-16-28)25-7-2-1-3-8-25)34-11-6-12-35-40(34)33-21-18-30(24-38(33)43-35)29-17-20-32-37(23-29)44-36-22-19-27-9-4-5-10-31(27)39(32)36/h1-24,42H. The molecule has 0 bridgehead atoms. The van der Waals surface area contributed by atoms with Crippen LogP contribution in [0, 0.1) is 5.41 Å². The van der Waals surface area contributed by atoms with E-state index < -0.39 is 0 Å². The van der Waals surface area contributed by atoms with Crippen LogP contribution in [0.2, 0.25) is 0 Å². The Morgan fingerprint density at radius 3 is 1.77 bits per heavy atom. The van der Waals surface area contributed by atoms with E-state index in [1.807, 2.05) is 48.5 Å². The molecule has 0 aliphatic rings. The zero-order valence-electron chi connectivity index (χ0n) is 23.7. The average Bonchev–Trinajstić information content (AvgIpc) is 3.66. The van der Waals surface area contributed by atoms with Gasteiger partial charge in [-0.3, -0.25) is 5.41 Å². The fourth-order valence-corrected chi connectivity index (χ4v) is 6.55. The highest BCUT2D eigenvalue weighted by atomic mass is 16.3. The van der Waals surface area contributed by atoms with Crippen LogP contribution in [0.3, 0.4) is 0 Å². The Kier molecular flexibility index (Phi) is 5.35. The number of rotatable bonds is 4. The van der Waals surface area contributed by atoms with Crippen molar-refractivity contribution >= 4 is 60.4 Å². The Labute approximate surface area is 253 Å². The van der Waals surface area contributed by atoms with E-state index in [-0.39, 0.29) is 0 Å². The summed E-state index contributed by atoms with van der Waals surface area (Å²) in [4.78, 5) is 0. The van der Waals surface area contributed by atoms with E-state index in [4.69, 9.17) is 14.2 Å². The Balaban J connectivity index is 1.11. The van der Waals surface area contributed by atoms with Gasteiger partial charge in [-0.05, 0) is 69.4 Å². The zero-order chi connectivity index (χ0) is 29.2. The highest BCUT2D eigenvalue weighted by molar-refractivity contribution is 6.23. The van der Waals surface area contributed by atoms with Crippen LogP contribution in [-0.2, 0) is 0 Å². The molecule has 2 aromatic heterocycles. The number of hydrogen-bond donors (Lipinski definition) is 1. The second kappa shape index (κ2) is 9.55. The van der Waals surface area contributed by atoms with E-state index >= 15 is 0 Å². The first-order valence-electron chi connectivity index (χ1n) is 14.8. The molecule has 1 N–H and O–H groups in total. The molecule has 0 saturated heterocycles. The van der Waals surface area contributed by atoms with Crippen molar-refractivity contribution in [2.24, 2.45) is 0 Å². The minimum absolute atomic E-state index is 0.477. The summed E-state index contributed by atoms with van der Waals surface area (Å²) < 4.78 is 12.7. The minimum atomic E-state index is 0.477. The number of hydrogen-bond acceptors (Lipinski definition) is 3. The lowest BCUT2D eigenvalue weighted by Gasteiger charge is -2.08. The summed E-state index contributed by atoms with van der Waals surface area (Å²) in [6.07, 6.45) is 0. The largest absolute Gasteiger partial charge is 0.456 e. The second-order valence-corrected chi connectivity index (χ2v) is 11.3. The lowest BCUT2D eigenvalue weighted by Crippen LogP contribution is -2.01. The third kappa shape index (κ3) is 3.80. The van der Waals surface area contributed by atoms with Crippen LogP contribution in [0.25, 0.3) is 76.9 Å². The third-order valence-electron chi connectivity index (χ3n) is 8.74. The lowest BCUT2D eigenvalue weighted by molar-refractivity contribution is 0.668. The minimum Gasteiger partial charge on any atom is -0.456 e. The van der Waals surface area contributed by atoms with Gasteiger partial charge >= 0.3 is 0 Å². The van der Waals surface area contributed by atoms with Crippen molar-refractivity contribution < 1.29 is 8.83 Å². The number of fused-ring (bicyclic) bond motifs is 8. The maximum Gasteiger partial charge on any atom is 0.136 e. The summed E-state index contributed by atoms with van der Waals surface area (Å²) in [6.45, 7) is 0. The first-order chi connectivity index (χ1) is 21.7. The Hall–Kier alpha value is -5.93. The van der Waals surface area contributed by atoms with Crippen LogP contribution in [-0.4, -0.2) is 5.71 Å². The molecule has 9 aromatic rings. The molecule has 3 nitrogen and oxygen atoms in total. The van der Waals surface area contributed by atoms with Crippen LogP contribution in [0.4, 0.5) is 0 Å². The van der Waals surface area contributed by atoms with Gasteiger partial charge < -0.3 is 8.83 Å². The van der Waals surface area contributed by atoms with Crippen molar-refractivity contribution in [2.45, 2.75) is 0 Å². The monoisotopic (exact) mass is 563 g/mol. The van der Waals surface area contributed by atoms with E-state index in [1.165, 1.54) is 10.8 Å². The van der Waals surface area contributed by atoms with Gasteiger partial charge in [-0.2, -0.15) is 0 Å². The molecule has 2 heterocycles. The number of furan rings is 2.